The average Bonchev–Trinajstić information content (AvgIpc) is 2.23. The molecule has 0 aromatic heterocycles. The maximum atomic E-state index is 11.9. The fourth-order valence-electron chi connectivity index (χ4n) is 2.98. The molecular formula is C15H29NO2. The Morgan fingerprint density at radius 3 is 2.22 bits per heavy atom. The number of piperidine rings is 1. The second kappa shape index (κ2) is 6.05. The maximum absolute atomic E-state index is 11.9. The Balaban J connectivity index is 2.58. The van der Waals surface area contributed by atoms with Gasteiger partial charge in [-0.15, -0.1) is 0 Å². The lowest BCUT2D eigenvalue weighted by molar-refractivity contribution is -0.151. The summed E-state index contributed by atoms with van der Waals surface area (Å²) in [5, 5.41) is 0. The van der Waals surface area contributed by atoms with E-state index in [0.717, 1.165) is 25.7 Å². The molecule has 0 amide bonds. The maximum Gasteiger partial charge on any atom is 0.320 e. The number of unbranched alkanes of at least 4 members (excludes halogenated alkanes) is 1. The van der Waals surface area contributed by atoms with Gasteiger partial charge in [0.1, 0.15) is 0 Å². The molecule has 3 nitrogen and oxygen atoms in total. The Kier molecular flexibility index (Phi) is 5.20. The third kappa shape index (κ3) is 3.98. The molecule has 18 heavy (non-hydrogen) atoms. The summed E-state index contributed by atoms with van der Waals surface area (Å²) in [7, 11) is 0. The molecule has 1 fully saturated rings. The molecule has 0 radical (unpaired) electrons. The molecule has 106 valence electrons. The molecule has 0 saturated carbocycles. The Labute approximate surface area is 112 Å². The number of hydrogen-bond acceptors (Lipinski definition) is 3. The van der Waals surface area contributed by atoms with Crippen molar-refractivity contribution in [3.63, 3.8) is 0 Å². The van der Waals surface area contributed by atoms with Crippen molar-refractivity contribution in [2.75, 3.05) is 13.2 Å². The summed E-state index contributed by atoms with van der Waals surface area (Å²) in [5.74, 6) is -0.0773. The van der Waals surface area contributed by atoms with Crippen molar-refractivity contribution in [2.24, 2.45) is 0 Å². The Bertz CT molecular complexity index is 268. The first kappa shape index (κ1) is 15.5. The summed E-state index contributed by atoms with van der Waals surface area (Å²) >= 11 is 0. The van der Waals surface area contributed by atoms with E-state index in [1.54, 1.807) is 0 Å². The van der Waals surface area contributed by atoms with Crippen molar-refractivity contribution in [2.45, 2.75) is 77.8 Å². The van der Waals surface area contributed by atoms with Crippen molar-refractivity contribution < 1.29 is 9.53 Å². The minimum Gasteiger partial charge on any atom is -0.465 e. The van der Waals surface area contributed by atoms with Gasteiger partial charge in [0, 0.05) is 11.1 Å². The quantitative estimate of drug-likeness (QED) is 0.557. The largest absolute Gasteiger partial charge is 0.465 e. The van der Waals surface area contributed by atoms with Gasteiger partial charge in [-0.2, -0.15) is 0 Å². The lowest BCUT2D eigenvalue weighted by Crippen LogP contribution is -2.60. The van der Waals surface area contributed by atoms with Crippen LogP contribution < -0.4 is 0 Å². The number of carbonyl (C=O) groups is 1. The molecule has 1 rings (SSSR count). The van der Waals surface area contributed by atoms with E-state index >= 15 is 0 Å². The summed E-state index contributed by atoms with van der Waals surface area (Å²) in [6.07, 6.45) is 5.56. The molecule has 0 bridgehead atoms. The van der Waals surface area contributed by atoms with Gasteiger partial charge in [-0.05, 0) is 53.4 Å². The van der Waals surface area contributed by atoms with Crippen LogP contribution in [0, 0.1) is 0 Å². The van der Waals surface area contributed by atoms with Gasteiger partial charge in [0.15, 0.2) is 0 Å². The highest BCUT2D eigenvalue weighted by Crippen LogP contribution is 2.37. The van der Waals surface area contributed by atoms with Gasteiger partial charge in [-0.1, -0.05) is 13.3 Å². The monoisotopic (exact) mass is 255 g/mol. The highest BCUT2D eigenvalue weighted by molar-refractivity contribution is 5.72. The number of nitrogens with zero attached hydrogens (tertiary/aromatic N) is 1. The van der Waals surface area contributed by atoms with Crippen LogP contribution in [0.2, 0.25) is 0 Å². The molecule has 1 heterocycles. The molecule has 0 atom stereocenters. The molecule has 0 spiro atoms. The molecular weight excluding hydrogens is 226 g/mol. The number of ether oxygens (including phenoxy) is 1. The Morgan fingerprint density at radius 1 is 1.17 bits per heavy atom. The fourth-order valence-corrected chi connectivity index (χ4v) is 2.98. The number of likely N-dealkylation sites (tertiary alicyclic amines) is 1. The molecule has 1 saturated heterocycles. The lowest BCUT2D eigenvalue weighted by Gasteiger charge is -2.52. The van der Waals surface area contributed by atoms with Gasteiger partial charge in [0.2, 0.25) is 0 Å². The van der Waals surface area contributed by atoms with Crippen LogP contribution in [0.25, 0.3) is 0 Å². The molecule has 0 aromatic rings. The van der Waals surface area contributed by atoms with E-state index < -0.39 is 0 Å². The zero-order valence-electron chi connectivity index (χ0n) is 12.7. The van der Waals surface area contributed by atoms with E-state index in [1.807, 2.05) is 0 Å². The smallest absolute Gasteiger partial charge is 0.320 e. The van der Waals surface area contributed by atoms with E-state index in [9.17, 15) is 4.79 Å². The molecule has 3 heteroatoms. The minimum atomic E-state index is -0.0773. The van der Waals surface area contributed by atoms with Crippen LogP contribution in [0.15, 0.2) is 0 Å². The summed E-state index contributed by atoms with van der Waals surface area (Å²) in [5.41, 5.74) is 0.178. The predicted molar refractivity (Wildman–Crippen MR) is 74.6 cm³/mol. The first-order valence-electron chi connectivity index (χ1n) is 7.23. The number of carbonyl (C=O) groups excluding carboxylic acids is 1. The van der Waals surface area contributed by atoms with Gasteiger partial charge in [0.25, 0.3) is 0 Å². The van der Waals surface area contributed by atoms with Crippen LogP contribution in [0.3, 0.4) is 0 Å². The van der Waals surface area contributed by atoms with E-state index in [0.29, 0.717) is 13.2 Å². The Hall–Kier alpha value is -0.570. The highest BCUT2D eigenvalue weighted by atomic mass is 16.5. The van der Waals surface area contributed by atoms with Crippen LogP contribution in [0.4, 0.5) is 0 Å². The fraction of sp³-hybridized carbons (Fsp3) is 0.933. The van der Waals surface area contributed by atoms with Gasteiger partial charge >= 0.3 is 5.97 Å². The summed E-state index contributed by atoms with van der Waals surface area (Å²) in [4.78, 5) is 14.2. The molecule has 1 aliphatic rings. The zero-order chi connectivity index (χ0) is 13.8. The van der Waals surface area contributed by atoms with E-state index in [1.165, 1.54) is 6.42 Å². The SMILES string of the molecule is CCCCOC(=O)CN1C(C)(C)CCCC1(C)C. The molecule has 0 unspecified atom stereocenters. The normalized spacial score (nSPS) is 22.7. The minimum absolute atomic E-state index is 0.0773. The van der Waals surface area contributed by atoms with Crippen molar-refractivity contribution >= 4 is 5.97 Å². The number of esters is 1. The van der Waals surface area contributed by atoms with Crippen LogP contribution in [-0.4, -0.2) is 35.1 Å². The van der Waals surface area contributed by atoms with Gasteiger partial charge in [0.05, 0.1) is 13.2 Å². The predicted octanol–water partition coefficient (Wildman–Crippen LogP) is 3.37. The standard InChI is InChI=1S/C15H29NO2/c1-6-7-11-18-13(17)12-16-14(2,3)9-8-10-15(16,4)5/h6-12H2,1-5H3. The third-order valence-electron chi connectivity index (χ3n) is 4.09. The molecule has 0 aliphatic carbocycles. The van der Waals surface area contributed by atoms with Gasteiger partial charge < -0.3 is 4.74 Å². The molecule has 1 aliphatic heterocycles. The van der Waals surface area contributed by atoms with E-state index in [2.05, 4.69) is 39.5 Å². The van der Waals surface area contributed by atoms with Crippen LogP contribution in [0.1, 0.15) is 66.7 Å². The van der Waals surface area contributed by atoms with Crippen LogP contribution in [-0.2, 0) is 9.53 Å². The third-order valence-corrected chi connectivity index (χ3v) is 4.09. The van der Waals surface area contributed by atoms with Crippen molar-refractivity contribution in [3.8, 4) is 0 Å². The van der Waals surface area contributed by atoms with Gasteiger partial charge in [-0.3, -0.25) is 9.69 Å². The van der Waals surface area contributed by atoms with Crippen molar-refractivity contribution in [1.29, 1.82) is 0 Å². The van der Waals surface area contributed by atoms with Crippen LogP contribution >= 0.6 is 0 Å². The summed E-state index contributed by atoms with van der Waals surface area (Å²) in [6.45, 7) is 12.0. The summed E-state index contributed by atoms with van der Waals surface area (Å²) < 4.78 is 5.29. The first-order valence-corrected chi connectivity index (χ1v) is 7.23. The molecule has 0 aromatic carbocycles. The van der Waals surface area contributed by atoms with Crippen LogP contribution in [0.5, 0.6) is 0 Å². The topological polar surface area (TPSA) is 29.5 Å². The average molecular weight is 255 g/mol. The van der Waals surface area contributed by atoms with E-state index in [4.69, 9.17) is 4.74 Å². The van der Waals surface area contributed by atoms with Crippen molar-refractivity contribution in [3.05, 3.63) is 0 Å². The first-order chi connectivity index (χ1) is 8.29. The number of hydrogen-bond donors (Lipinski definition) is 0. The van der Waals surface area contributed by atoms with E-state index in [-0.39, 0.29) is 17.0 Å². The summed E-state index contributed by atoms with van der Waals surface area (Å²) in [6, 6.07) is 0. The molecule has 0 N–H and O–H groups in total. The van der Waals surface area contributed by atoms with Gasteiger partial charge in [-0.25, -0.2) is 0 Å². The highest BCUT2D eigenvalue weighted by Gasteiger charge is 2.42. The Morgan fingerprint density at radius 2 is 1.72 bits per heavy atom. The zero-order valence-corrected chi connectivity index (χ0v) is 12.7. The van der Waals surface area contributed by atoms with Crippen molar-refractivity contribution in [1.82, 2.24) is 4.90 Å². The number of rotatable bonds is 5. The second-order valence-electron chi connectivity index (χ2n) is 6.64. The lowest BCUT2D eigenvalue weighted by atomic mass is 9.80. The second-order valence-corrected chi connectivity index (χ2v) is 6.64.